The molecule has 0 aliphatic carbocycles. The second-order valence-electron chi connectivity index (χ2n) is 6.24. The monoisotopic (exact) mass is 315 g/mol. The Morgan fingerprint density at radius 2 is 1.90 bits per heavy atom. The fourth-order valence-corrected chi connectivity index (χ4v) is 3.44. The number of piperidine rings is 1. The molecule has 21 heavy (non-hydrogen) atoms. The molecule has 122 valence electrons. The first kappa shape index (κ1) is 18.3. The van der Waals surface area contributed by atoms with Crippen LogP contribution in [0.15, 0.2) is 0 Å². The van der Waals surface area contributed by atoms with Gasteiger partial charge in [-0.3, -0.25) is 9.59 Å². The lowest BCUT2D eigenvalue weighted by Crippen LogP contribution is -2.47. The molecule has 1 atom stereocenters. The Morgan fingerprint density at radius 3 is 2.43 bits per heavy atom. The van der Waals surface area contributed by atoms with Gasteiger partial charge in [0.15, 0.2) is 0 Å². The molecule has 0 bridgehead atoms. The summed E-state index contributed by atoms with van der Waals surface area (Å²) in [5.41, 5.74) is 0. The van der Waals surface area contributed by atoms with E-state index in [1.807, 2.05) is 0 Å². The maximum absolute atomic E-state index is 12.1. The summed E-state index contributed by atoms with van der Waals surface area (Å²) >= 11 is 1.71. The standard InChI is InChI=1S/C15H29N3O2S/c1-11(2)9-13(15(20)18(3)4)17-14(19)10-21-12-5-7-16-8-6-12/h11-13,16H,5-10H2,1-4H3,(H,17,19). The number of hydrogen-bond acceptors (Lipinski definition) is 4. The zero-order valence-electron chi connectivity index (χ0n) is 13.6. The molecule has 1 rings (SSSR count). The summed E-state index contributed by atoms with van der Waals surface area (Å²) in [5.74, 6) is 0.763. The zero-order chi connectivity index (χ0) is 15.8. The summed E-state index contributed by atoms with van der Waals surface area (Å²) in [6.07, 6.45) is 2.91. The predicted octanol–water partition coefficient (Wildman–Crippen LogP) is 1.09. The van der Waals surface area contributed by atoms with E-state index in [1.165, 1.54) is 0 Å². The highest BCUT2D eigenvalue weighted by molar-refractivity contribution is 8.00. The first-order valence-electron chi connectivity index (χ1n) is 7.73. The molecule has 0 aromatic rings. The molecule has 2 amide bonds. The lowest BCUT2D eigenvalue weighted by atomic mass is 10.0. The van der Waals surface area contributed by atoms with Crippen LogP contribution in [-0.2, 0) is 9.59 Å². The predicted molar refractivity (Wildman–Crippen MR) is 88.4 cm³/mol. The molecule has 6 heteroatoms. The third-order valence-corrected chi connectivity index (χ3v) is 4.89. The van der Waals surface area contributed by atoms with Crippen molar-refractivity contribution in [1.29, 1.82) is 0 Å². The maximum atomic E-state index is 12.1. The van der Waals surface area contributed by atoms with Crippen LogP contribution in [0.1, 0.15) is 33.1 Å². The van der Waals surface area contributed by atoms with E-state index in [1.54, 1.807) is 30.8 Å². The molecule has 1 saturated heterocycles. The van der Waals surface area contributed by atoms with Crippen molar-refractivity contribution in [3.63, 3.8) is 0 Å². The molecule has 1 fully saturated rings. The number of hydrogen-bond donors (Lipinski definition) is 2. The van der Waals surface area contributed by atoms with Gasteiger partial charge in [0.05, 0.1) is 5.75 Å². The van der Waals surface area contributed by atoms with Gasteiger partial charge in [-0.2, -0.15) is 0 Å². The summed E-state index contributed by atoms with van der Waals surface area (Å²) in [4.78, 5) is 25.8. The third-order valence-electron chi connectivity index (χ3n) is 3.52. The number of nitrogens with one attached hydrogen (secondary N) is 2. The normalized spacial score (nSPS) is 17.6. The average molecular weight is 315 g/mol. The Kier molecular flexibility index (Phi) is 8.11. The van der Waals surface area contributed by atoms with Crippen molar-refractivity contribution in [2.75, 3.05) is 32.9 Å². The van der Waals surface area contributed by atoms with Crippen LogP contribution in [-0.4, -0.2) is 60.9 Å². The SMILES string of the molecule is CC(C)CC(NC(=O)CSC1CCNCC1)C(=O)N(C)C. The summed E-state index contributed by atoms with van der Waals surface area (Å²) in [6.45, 7) is 6.19. The van der Waals surface area contributed by atoms with E-state index in [-0.39, 0.29) is 11.8 Å². The molecule has 0 aromatic heterocycles. The van der Waals surface area contributed by atoms with E-state index >= 15 is 0 Å². The van der Waals surface area contributed by atoms with E-state index in [2.05, 4.69) is 24.5 Å². The highest BCUT2D eigenvalue weighted by Gasteiger charge is 2.24. The van der Waals surface area contributed by atoms with Crippen molar-refractivity contribution >= 4 is 23.6 Å². The van der Waals surface area contributed by atoms with Crippen LogP contribution < -0.4 is 10.6 Å². The van der Waals surface area contributed by atoms with Crippen molar-refractivity contribution in [1.82, 2.24) is 15.5 Å². The molecule has 1 heterocycles. The van der Waals surface area contributed by atoms with Crippen molar-refractivity contribution < 1.29 is 9.59 Å². The smallest absolute Gasteiger partial charge is 0.244 e. The Labute approximate surface area is 132 Å². The molecular formula is C15H29N3O2S. The first-order chi connectivity index (χ1) is 9.90. The minimum atomic E-state index is -0.402. The van der Waals surface area contributed by atoms with E-state index in [0.29, 0.717) is 23.3 Å². The van der Waals surface area contributed by atoms with Gasteiger partial charge in [0, 0.05) is 19.3 Å². The zero-order valence-corrected chi connectivity index (χ0v) is 14.5. The molecule has 1 aliphatic heterocycles. The van der Waals surface area contributed by atoms with Gasteiger partial charge in [0.25, 0.3) is 0 Å². The van der Waals surface area contributed by atoms with Gasteiger partial charge in [0.1, 0.15) is 6.04 Å². The van der Waals surface area contributed by atoms with Gasteiger partial charge >= 0.3 is 0 Å². The summed E-state index contributed by atoms with van der Waals surface area (Å²) in [7, 11) is 3.46. The lowest BCUT2D eigenvalue weighted by Gasteiger charge is -2.24. The first-order valence-corrected chi connectivity index (χ1v) is 8.78. The van der Waals surface area contributed by atoms with Crippen LogP contribution >= 0.6 is 11.8 Å². The number of nitrogens with zero attached hydrogens (tertiary/aromatic N) is 1. The highest BCUT2D eigenvalue weighted by Crippen LogP contribution is 2.19. The Morgan fingerprint density at radius 1 is 1.29 bits per heavy atom. The maximum Gasteiger partial charge on any atom is 0.244 e. The topological polar surface area (TPSA) is 61.4 Å². The van der Waals surface area contributed by atoms with Crippen LogP contribution in [0.3, 0.4) is 0 Å². The Bertz CT molecular complexity index is 342. The molecule has 1 unspecified atom stereocenters. The van der Waals surface area contributed by atoms with Gasteiger partial charge < -0.3 is 15.5 Å². The summed E-state index contributed by atoms with van der Waals surface area (Å²) in [5, 5.41) is 6.78. The summed E-state index contributed by atoms with van der Waals surface area (Å²) in [6, 6.07) is -0.402. The fraction of sp³-hybridized carbons (Fsp3) is 0.867. The van der Waals surface area contributed by atoms with Crippen LogP contribution in [0.4, 0.5) is 0 Å². The summed E-state index contributed by atoms with van der Waals surface area (Å²) < 4.78 is 0. The molecule has 0 aromatic carbocycles. The molecule has 0 radical (unpaired) electrons. The fourth-order valence-electron chi connectivity index (χ4n) is 2.40. The Balaban J connectivity index is 2.41. The second-order valence-corrected chi connectivity index (χ2v) is 7.53. The van der Waals surface area contributed by atoms with Crippen molar-refractivity contribution in [3.8, 4) is 0 Å². The third kappa shape index (κ3) is 7.18. The van der Waals surface area contributed by atoms with Crippen LogP contribution in [0.5, 0.6) is 0 Å². The minimum Gasteiger partial charge on any atom is -0.347 e. The van der Waals surface area contributed by atoms with Crippen LogP contribution in [0.2, 0.25) is 0 Å². The van der Waals surface area contributed by atoms with Crippen molar-refractivity contribution in [2.45, 2.75) is 44.4 Å². The van der Waals surface area contributed by atoms with Crippen molar-refractivity contribution in [2.24, 2.45) is 5.92 Å². The molecule has 1 aliphatic rings. The van der Waals surface area contributed by atoms with Gasteiger partial charge in [-0.25, -0.2) is 0 Å². The Hall–Kier alpha value is -0.750. The molecular weight excluding hydrogens is 286 g/mol. The van der Waals surface area contributed by atoms with E-state index in [4.69, 9.17) is 0 Å². The van der Waals surface area contributed by atoms with Gasteiger partial charge in [-0.15, -0.1) is 11.8 Å². The molecule has 0 saturated carbocycles. The average Bonchev–Trinajstić information content (AvgIpc) is 2.44. The van der Waals surface area contributed by atoms with Gasteiger partial charge in [-0.1, -0.05) is 13.8 Å². The number of amides is 2. The molecule has 0 spiro atoms. The van der Waals surface area contributed by atoms with Gasteiger partial charge in [-0.05, 0) is 38.3 Å². The van der Waals surface area contributed by atoms with Crippen LogP contribution in [0.25, 0.3) is 0 Å². The quantitative estimate of drug-likeness (QED) is 0.738. The number of rotatable bonds is 7. The van der Waals surface area contributed by atoms with Crippen molar-refractivity contribution in [3.05, 3.63) is 0 Å². The number of thioether (sulfide) groups is 1. The van der Waals surface area contributed by atoms with E-state index in [9.17, 15) is 9.59 Å². The lowest BCUT2D eigenvalue weighted by molar-refractivity contribution is -0.134. The minimum absolute atomic E-state index is 0.0242. The van der Waals surface area contributed by atoms with E-state index in [0.717, 1.165) is 25.9 Å². The van der Waals surface area contributed by atoms with Crippen LogP contribution in [0, 0.1) is 5.92 Å². The second kappa shape index (κ2) is 9.30. The number of likely N-dealkylation sites (N-methyl/N-ethyl adjacent to an activating group) is 1. The molecule has 5 nitrogen and oxygen atoms in total. The number of carbonyl (C=O) groups is 2. The van der Waals surface area contributed by atoms with E-state index < -0.39 is 6.04 Å². The highest BCUT2D eigenvalue weighted by atomic mass is 32.2. The number of carbonyl (C=O) groups excluding carboxylic acids is 2. The van der Waals surface area contributed by atoms with Gasteiger partial charge in [0.2, 0.25) is 11.8 Å². The largest absolute Gasteiger partial charge is 0.347 e. The molecule has 2 N–H and O–H groups in total.